The third-order valence-corrected chi connectivity index (χ3v) is 4.49. The van der Waals surface area contributed by atoms with Gasteiger partial charge in [-0.3, -0.25) is 4.90 Å². The summed E-state index contributed by atoms with van der Waals surface area (Å²) in [5.74, 6) is 0. The lowest BCUT2D eigenvalue weighted by molar-refractivity contribution is -0.0660. The maximum absolute atomic E-state index is 5.30. The molecule has 2 fully saturated rings. The van der Waals surface area contributed by atoms with Gasteiger partial charge < -0.3 is 9.64 Å². The van der Waals surface area contributed by atoms with Crippen LogP contribution in [0.15, 0.2) is 24.3 Å². The Balaban J connectivity index is 1.55. The number of ether oxygens (including phenoxy) is 1. The predicted octanol–water partition coefficient (Wildman–Crippen LogP) is 2.80. The highest BCUT2D eigenvalue weighted by atomic mass is 16.5. The fourth-order valence-corrected chi connectivity index (χ4v) is 3.22. The topological polar surface area (TPSA) is 15.7 Å². The van der Waals surface area contributed by atoms with Crippen molar-refractivity contribution in [3.05, 3.63) is 29.8 Å². The molecular formula is C18H28N2O. The highest BCUT2D eigenvalue weighted by Crippen LogP contribution is 2.24. The van der Waals surface area contributed by atoms with E-state index in [-0.39, 0.29) is 0 Å². The summed E-state index contributed by atoms with van der Waals surface area (Å²) in [6, 6.07) is 9.87. The lowest BCUT2D eigenvalue weighted by atomic mass is 9.88. The third-order valence-electron chi connectivity index (χ3n) is 4.49. The molecule has 2 aliphatic heterocycles. The molecule has 0 N–H and O–H groups in total. The quantitative estimate of drug-likeness (QED) is 0.850. The third kappa shape index (κ3) is 3.78. The zero-order chi connectivity index (χ0) is 14.9. The molecule has 0 saturated carbocycles. The van der Waals surface area contributed by atoms with Crippen molar-refractivity contribution < 1.29 is 4.74 Å². The minimum atomic E-state index is 0.359. The first-order valence-electron chi connectivity index (χ1n) is 8.17. The van der Waals surface area contributed by atoms with E-state index in [0.29, 0.717) is 11.5 Å². The molecule has 0 amide bonds. The van der Waals surface area contributed by atoms with Crippen LogP contribution < -0.4 is 4.90 Å². The van der Waals surface area contributed by atoms with E-state index in [0.717, 1.165) is 45.8 Å². The van der Waals surface area contributed by atoms with Crippen LogP contribution in [-0.4, -0.2) is 50.3 Å². The lowest BCUT2D eigenvalue weighted by Crippen LogP contribution is -2.56. The number of hydrogen-bond acceptors (Lipinski definition) is 3. The second-order valence-electron chi connectivity index (χ2n) is 7.62. The predicted molar refractivity (Wildman–Crippen MR) is 88.0 cm³/mol. The Morgan fingerprint density at radius 1 is 1.00 bits per heavy atom. The van der Waals surface area contributed by atoms with Crippen molar-refractivity contribution >= 4 is 5.69 Å². The van der Waals surface area contributed by atoms with Gasteiger partial charge in [0.05, 0.1) is 19.3 Å². The maximum atomic E-state index is 5.30. The van der Waals surface area contributed by atoms with Crippen molar-refractivity contribution in [2.45, 2.75) is 33.2 Å². The van der Waals surface area contributed by atoms with Gasteiger partial charge in [0.25, 0.3) is 0 Å². The molecule has 1 aromatic rings. The SMILES string of the molecule is CC(C)(C)Cc1ccc(N2CCN(C3COC3)CC2)cc1. The van der Waals surface area contributed by atoms with Crippen LogP contribution >= 0.6 is 0 Å². The number of rotatable bonds is 3. The Labute approximate surface area is 128 Å². The van der Waals surface area contributed by atoms with E-state index in [2.05, 4.69) is 54.8 Å². The zero-order valence-electron chi connectivity index (χ0n) is 13.6. The smallest absolute Gasteiger partial charge is 0.0645 e. The van der Waals surface area contributed by atoms with Crippen LogP contribution in [0.4, 0.5) is 5.69 Å². The van der Waals surface area contributed by atoms with Gasteiger partial charge in [-0.2, -0.15) is 0 Å². The molecule has 0 atom stereocenters. The van der Waals surface area contributed by atoms with Crippen LogP contribution in [0.3, 0.4) is 0 Å². The van der Waals surface area contributed by atoms with Crippen LogP contribution in [0.5, 0.6) is 0 Å². The van der Waals surface area contributed by atoms with Gasteiger partial charge in [-0.15, -0.1) is 0 Å². The Morgan fingerprint density at radius 3 is 2.10 bits per heavy atom. The number of anilines is 1. The van der Waals surface area contributed by atoms with Crippen molar-refractivity contribution in [3.8, 4) is 0 Å². The molecule has 0 aromatic heterocycles. The van der Waals surface area contributed by atoms with Gasteiger partial charge >= 0.3 is 0 Å². The molecule has 2 aliphatic rings. The van der Waals surface area contributed by atoms with E-state index in [1.807, 2.05) is 0 Å². The largest absolute Gasteiger partial charge is 0.378 e. The summed E-state index contributed by atoms with van der Waals surface area (Å²) in [5.41, 5.74) is 3.17. The summed E-state index contributed by atoms with van der Waals surface area (Å²) >= 11 is 0. The van der Waals surface area contributed by atoms with Crippen molar-refractivity contribution in [1.29, 1.82) is 0 Å². The molecule has 0 aliphatic carbocycles. The molecule has 116 valence electrons. The molecular weight excluding hydrogens is 260 g/mol. The fourth-order valence-electron chi connectivity index (χ4n) is 3.22. The van der Waals surface area contributed by atoms with Crippen molar-refractivity contribution in [1.82, 2.24) is 4.90 Å². The fraction of sp³-hybridized carbons (Fsp3) is 0.667. The van der Waals surface area contributed by atoms with Crippen LogP contribution in [0, 0.1) is 5.41 Å². The van der Waals surface area contributed by atoms with Crippen LogP contribution in [0.2, 0.25) is 0 Å². The van der Waals surface area contributed by atoms with Gasteiger partial charge in [-0.25, -0.2) is 0 Å². The monoisotopic (exact) mass is 288 g/mol. The zero-order valence-corrected chi connectivity index (χ0v) is 13.6. The number of benzene rings is 1. The van der Waals surface area contributed by atoms with E-state index in [4.69, 9.17) is 4.74 Å². The molecule has 0 spiro atoms. The molecule has 0 bridgehead atoms. The molecule has 21 heavy (non-hydrogen) atoms. The Morgan fingerprint density at radius 2 is 1.62 bits per heavy atom. The number of piperazine rings is 1. The van der Waals surface area contributed by atoms with Crippen molar-refractivity contribution in [2.75, 3.05) is 44.3 Å². The maximum Gasteiger partial charge on any atom is 0.0645 e. The molecule has 0 unspecified atom stereocenters. The summed E-state index contributed by atoms with van der Waals surface area (Å²) in [7, 11) is 0. The van der Waals surface area contributed by atoms with Gasteiger partial charge in [-0.1, -0.05) is 32.9 Å². The van der Waals surface area contributed by atoms with E-state index >= 15 is 0 Å². The van der Waals surface area contributed by atoms with Crippen molar-refractivity contribution in [3.63, 3.8) is 0 Å². The molecule has 2 saturated heterocycles. The van der Waals surface area contributed by atoms with E-state index in [1.165, 1.54) is 11.3 Å². The Hall–Kier alpha value is -1.06. The summed E-state index contributed by atoms with van der Waals surface area (Å²) in [5, 5.41) is 0. The number of nitrogens with zero attached hydrogens (tertiary/aromatic N) is 2. The first-order valence-corrected chi connectivity index (χ1v) is 8.17. The van der Waals surface area contributed by atoms with Crippen LogP contribution in [0.1, 0.15) is 26.3 Å². The Kier molecular flexibility index (Phi) is 4.23. The van der Waals surface area contributed by atoms with Gasteiger partial charge in [-0.05, 0) is 29.5 Å². The van der Waals surface area contributed by atoms with E-state index in [9.17, 15) is 0 Å². The summed E-state index contributed by atoms with van der Waals surface area (Å²) in [4.78, 5) is 5.09. The second kappa shape index (κ2) is 5.98. The van der Waals surface area contributed by atoms with E-state index < -0.39 is 0 Å². The van der Waals surface area contributed by atoms with Gasteiger partial charge in [0.2, 0.25) is 0 Å². The summed E-state index contributed by atoms with van der Waals surface area (Å²) < 4.78 is 5.30. The normalized spacial score (nSPS) is 21.4. The van der Waals surface area contributed by atoms with Crippen LogP contribution in [0.25, 0.3) is 0 Å². The second-order valence-corrected chi connectivity index (χ2v) is 7.62. The van der Waals surface area contributed by atoms with Gasteiger partial charge in [0.1, 0.15) is 0 Å². The molecule has 1 aromatic carbocycles. The minimum Gasteiger partial charge on any atom is -0.378 e. The highest BCUT2D eigenvalue weighted by molar-refractivity contribution is 5.48. The minimum absolute atomic E-state index is 0.359. The molecule has 3 heteroatoms. The number of hydrogen-bond donors (Lipinski definition) is 0. The van der Waals surface area contributed by atoms with Crippen molar-refractivity contribution in [2.24, 2.45) is 5.41 Å². The highest BCUT2D eigenvalue weighted by Gasteiger charge is 2.28. The van der Waals surface area contributed by atoms with Gasteiger partial charge in [0.15, 0.2) is 0 Å². The first kappa shape index (κ1) is 14.9. The molecule has 3 nitrogen and oxygen atoms in total. The average Bonchev–Trinajstić information content (AvgIpc) is 2.37. The van der Waals surface area contributed by atoms with E-state index in [1.54, 1.807) is 0 Å². The van der Waals surface area contributed by atoms with Crippen LogP contribution in [-0.2, 0) is 11.2 Å². The molecule has 0 radical (unpaired) electrons. The van der Waals surface area contributed by atoms with Gasteiger partial charge in [0, 0.05) is 31.9 Å². The summed E-state index contributed by atoms with van der Waals surface area (Å²) in [6.07, 6.45) is 1.14. The molecule has 3 rings (SSSR count). The Bertz CT molecular complexity index is 451. The average molecular weight is 288 g/mol. The summed E-state index contributed by atoms with van der Waals surface area (Å²) in [6.45, 7) is 13.3. The lowest BCUT2D eigenvalue weighted by Gasteiger charge is -2.43. The molecule has 2 heterocycles. The first-order chi connectivity index (χ1) is 10.0. The standard InChI is InChI=1S/C18H28N2O/c1-18(2,3)12-15-4-6-16(7-5-15)19-8-10-20(11-9-19)17-13-21-14-17/h4-7,17H,8-14H2,1-3H3.